The summed E-state index contributed by atoms with van der Waals surface area (Å²) in [6, 6.07) is 12.6. The molecule has 35 heavy (non-hydrogen) atoms. The number of hydrogen-bond donors (Lipinski definition) is 2. The first kappa shape index (κ1) is 23.7. The molecule has 1 aliphatic carbocycles. The Bertz CT molecular complexity index is 1380. The summed E-state index contributed by atoms with van der Waals surface area (Å²) in [4.78, 5) is 26.6. The molecule has 0 radical (unpaired) electrons. The number of rotatable bonds is 5. The number of carbonyl (C=O) groups excluding carboxylic acids is 2. The fourth-order valence-corrected chi connectivity index (χ4v) is 6.17. The fraction of sp³-hybridized carbons (Fsp3) is 0.259. The van der Waals surface area contributed by atoms with Crippen molar-refractivity contribution in [2.45, 2.75) is 37.1 Å². The van der Waals surface area contributed by atoms with Crippen LogP contribution in [0.1, 0.15) is 28.5 Å². The minimum absolute atomic E-state index is 0.109. The van der Waals surface area contributed by atoms with Crippen LogP contribution in [0.2, 0.25) is 5.02 Å². The molecule has 0 saturated carbocycles. The van der Waals surface area contributed by atoms with Gasteiger partial charge in [-0.15, -0.1) is 11.8 Å². The molecule has 1 saturated heterocycles. The van der Waals surface area contributed by atoms with Crippen LogP contribution in [0.3, 0.4) is 0 Å². The summed E-state index contributed by atoms with van der Waals surface area (Å²) in [7, 11) is 1.60. The van der Waals surface area contributed by atoms with Crippen LogP contribution in [0.25, 0.3) is 10.9 Å². The Morgan fingerprint density at radius 1 is 1.17 bits per heavy atom. The minimum Gasteiger partial charge on any atom is -0.497 e. The van der Waals surface area contributed by atoms with Crippen molar-refractivity contribution in [2.24, 2.45) is 0 Å². The van der Waals surface area contributed by atoms with Gasteiger partial charge < -0.3 is 10.1 Å². The van der Waals surface area contributed by atoms with Crippen LogP contribution in [0, 0.1) is 6.92 Å². The number of thioether (sulfide) groups is 1. The monoisotopic (exact) mass is 507 g/mol. The zero-order valence-electron chi connectivity index (χ0n) is 19.7. The largest absolute Gasteiger partial charge is 0.497 e. The van der Waals surface area contributed by atoms with Crippen LogP contribution in [0.4, 0.5) is 0 Å². The van der Waals surface area contributed by atoms with Gasteiger partial charge in [-0.05, 0) is 61.9 Å². The smallest absolute Gasteiger partial charge is 0.262 e. The first-order valence-corrected chi connectivity index (χ1v) is 12.7. The maximum Gasteiger partial charge on any atom is 0.262 e. The number of benzene rings is 2. The van der Waals surface area contributed by atoms with Gasteiger partial charge in [-0.25, -0.2) is 0 Å². The Morgan fingerprint density at radius 3 is 2.69 bits per heavy atom. The highest BCUT2D eigenvalue weighted by atomic mass is 35.5. The number of methoxy groups -OCH3 is 1. The van der Waals surface area contributed by atoms with Crippen molar-refractivity contribution in [3.8, 4) is 5.75 Å². The molecule has 2 aromatic carbocycles. The predicted octanol–water partition coefficient (Wildman–Crippen LogP) is 4.83. The third kappa shape index (κ3) is 4.63. The molecule has 2 aliphatic rings. The summed E-state index contributed by atoms with van der Waals surface area (Å²) in [6.07, 6.45) is 6.61. The lowest BCUT2D eigenvalue weighted by Crippen LogP contribution is -2.43. The molecule has 1 aliphatic heterocycles. The summed E-state index contributed by atoms with van der Waals surface area (Å²) >= 11 is 7.71. The quantitative estimate of drug-likeness (QED) is 0.517. The van der Waals surface area contributed by atoms with Gasteiger partial charge in [-0.1, -0.05) is 35.4 Å². The second-order valence-corrected chi connectivity index (χ2v) is 10.5. The summed E-state index contributed by atoms with van der Waals surface area (Å²) < 4.78 is 7.09. The average Bonchev–Trinajstić information content (AvgIpc) is 3.35. The van der Waals surface area contributed by atoms with Crippen molar-refractivity contribution in [1.29, 1.82) is 0 Å². The van der Waals surface area contributed by atoms with Crippen LogP contribution in [0.15, 0.2) is 66.3 Å². The van der Waals surface area contributed by atoms with Gasteiger partial charge in [0.2, 0.25) is 5.91 Å². The Kier molecular flexibility index (Phi) is 6.49. The molecule has 1 amide bonds. The van der Waals surface area contributed by atoms with Gasteiger partial charge in [0.05, 0.1) is 19.0 Å². The highest BCUT2D eigenvalue weighted by Gasteiger charge is 2.34. The van der Waals surface area contributed by atoms with Crippen LogP contribution < -0.4 is 15.4 Å². The first-order chi connectivity index (χ1) is 16.8. The molecule has 0 spiro atoms. The van der Waals surface area contributed by atoms with E-state index in [1.54, 1.807) is 47.7 Å². The number of nitrogens with zero attached hydrogens (tertiary/aromatic N) is 1. The van der Waals surface area contributed by atoms with Gasteiger partial charge in [0, 0.05) is 33.0 Å². The van der Waals surface area contributed by atoms with E-state index in [4.69, 9.17) is 16.3 Å². The van der Waals surface area contributed by atoms with Crippen LogP contribution in [0.5, 0.6) is 5.75 Å². The number of hydrogen-bond acceptors (Lipinski definition) is 5. The van der Waals surface area contributed by atoms with Crippen molar-refractivity contribution in [2.75, 3.05) is 7.11 Å². The van der Waals surface area contributed by atoms with Crippen LogP contribution in [-0.4, -0.2) is 40.3 Å². The van der Waals surface area contributed by atoms with E-state index >= 15 is 0 Å². The highest BCUT2D eigenvalue weighted by molar-refractivity contribution is 8.00. The normalized spacial score (nSPS) is 21.0. The van der Waals surface area contributed by atoms with E-state index in [1.165, 1.54) is 5.57 Å². The third-order valence-corrected chi connectivity index (χ3v) is 7.97. The molecular formula is C27H26ClN3O3S. The predicted molar refractivity (Wildman–Crippen MR) is 141 cm³/mol. The lowest BCUT2D eigenvalue weighted by Gasteiger charge is -2.15. The van der Waals surface area contributed by atoms with Gasteiger partial charge in [0.25, 0.3) is 5.91 Å². The molecule has 2 N–H and O–H groups in total. The summed E-state index contributed by atoms with van der Waals surface area (Å²) in [5.74, 6) is 0.385. The molecule has 2 heterocycles. The van der Waals surface area contributed by atoms with E-state index < -0.39 is 0 Å². The molecule has 5 rings (SSSR count). The molecular weight excluding hydrogens is 482 g/mol. The molecule has 8 heteroatoms. The zero-order chi connectivity index (χ0) is 24.7. The van der Waals surface area contributed by atoms with Crippen molar-refractivity contribution < 1.29 is 14.3 Å². The van der Waals surface area contributed by atoms with Crippen molar-refractivity contribution >= 4 is 46.1 Å². The lowest BCUT2D eigenvalue weighted by atomic mass is 10.0. The minimum atomic E-state index is -0.178. The number of aromatic nitrogens is 1. The van der Waals surface area contributed by atoms with E-state index in [1.807, 2.05) is 25.1 Å². The Balaban J connectivity index is 1.44. The number of nitrogens with one attached hydrogen (secondary N) is 2. The second kappa shape index (κ2) is 9.57. The first-order valence-electron chi connectivity index (χ1n) is 11.4. The second-order valence-electron chi connectivity index (χ2n) is 8.78. The molecule has 180 valence electrons. The standard InChI is InChI=1S/C27H26ClN3O3S/c1-15-4-10-22-24(12-15)35-27(29-22)30-25(32)14-20-16(2)31(23-11-9-19(34-3)13-21(20)23)26(33)17-5-7-18(28)8-6-17/h4-13,22,24,27,29H,14H2,1-3H3,(H,30,32). The van der Waals surface area contributed by atoms with Crippen molar-refractivity contribution in [3.63, 3.8) is 0 Å². The number of carbonyl (C=O) groups is 2. The number of fused-ring (bicyclic) bond motifs is 2. The van der Waals surface area contributed by atoms with E-state index in [2.05, 4.69) is 35.8 Å². The fourth-order valence-electron chi connectivity index (χ4n) is 4.66. The van der Waals surface area contributed by atoms with E-state index in [-0.39, 0.29) is 29.8 Å². The van der Waals surface area contributed by atoms with Crippen LogP contribution in [-0.2, 0) is 11.2 Å². The molecule has 1 aromatic heterocycles. The molecule has 6 nitrogen and oxygen atoms in total. The summed E-state index contributed by atoms with van der Waals surface area (Å²) in [5, 5.41) is 8.25. The molecule has 3 aromatic rings. The molecule has 1 fully saturated rings. The van der Waals surface area contributed by atoms with E-state index in [0.29, 0.717) is 21.6 Å². The average molecular weight is 508 g/mol. The molecule has 3 unspecified atom stereocenters. The van der Waals surface area contributed by atoms with Gasteiger partial charge in [0.1, 0.15) is 11.2 Å². The summed E-state index contributed by atoms with van der Waals surface area (Å²) in [6.45, 7) is 3.95. The maximum atomic E-state index is 13.5. The lowest BCUT2D eigenvalue weighted by molar-refractivity contribution is -0.120. The highest BCUT2D eigenvalue weighted by Crippen LogP contribution is 2.33. The number of halogens is 1. The van der Waals surface area contributed by atoms with E-state index in [0.717, 1.165) is 22.2 Å². The Labute approximate surface area is 213 Å². The third-order valence-electron chi connectivity index (χ3n) is 6.45. The zero-order valence-corrected chi connectivity index (χ0v) is 21.2. The van der Waals surface area contributed by atoms with Crippen molar-refractivity contribution in [1.82, 2.24) is 15.2 Å². The van der Waals surface area contributed by atoms with Crippen LogP contribution >= 0.6 is 23.4 Å². The Hall–Kier alpha value is -3.00. The summed E-state index contributed by atoms with van der Waals surface area (Å²) in [5.41, 5.74) is 3.83. The number of allylic oxidation sites excluding steroid dienone is 2. The topological polar surface area (TPSA) is 72.4 Å². The van der Waals surface area contributed by atoms with Gasteiger partial charge >= 0.3 is 0 Å². The number of ether oxygens (including phenoxy) is 1. The molecule has 0 bridgehead atoms. The van der Waals surface area contributed by atoms with Gasteiger partial charge in [-0.2, -0.15) is 0 Å². The molecule has 3 atom stereocenters. The van der Waals surface area contributed by atoms with E-state index in [9.17, 15) is 9.59 Å². The Morgan fingerprint density at radius 2 is 1.94 bits per heavy atom. The maximum absolute atomic E-state index is 13.5. The van der Waals surface area contributed by atoms with Gasteiger partial charge in [0.15, 0.2) is 0 Å². The van der Waals surface area contributed by atoms with Crippen molar-refractivity contribution in [3.05, 3.63) is 88.1 Å². The number of amides is 1. The van der Waals surface area contributed by atoms with Gasteiger partial charge in [-0.3, -0.25) is 19.5 Å². The SMILES string of the molecule is COc1ccc2c(c1)c(CC(=O)NC1NC3C=CC(C)=CC3S1)c(C)n2C(=O)c1ccc(Cl)cc1.